The largest absolute Gasteiger partial charge is 0.462 e. The number of ether oxygens (including phenoxy) is 4. The summed E-state index contributed by atoms with van der Waals surface area (Å²) in [5, 5.41) is 0. The SMILES string of the molecule is C=C1[C@H]2C[C@H](OC(C)=O)[C@H]3[C@]4(C)C=CC(=O)C(C)(C)[C@H]4[C@@H](OC(C)=O)[C@H](OC(C)=O)[C@]3(C2)[C@@H]1OC(C)=O. The van der Waals surface area contributed by atoms with E-state index in [9.17, 15) is 24.0 Å². The van der Waals surface area contributed by atoms with Crippen LogP contribution >= 0.6 is 0 Å². The molecule has 0 aromatic carbocycles. The summed E-state index contributed by atoms with van der Waals surface area (Å²) in [5.41, 5.74) is -2.37. The van der Waals surface area contributed by atoms with E-state index in [1.165, 1.54) is 33.8 Å². The molecule has 0 radical (unpaired) electrons. The van der Waals surface area contributed by atoms with Gasteiger partial charge in [-0.1, -0.05) is 33.4 Å². The van der Waals surface area contributed by atoms with Crippen molar-refractivity contribution in [3.63, 3.8) is 0 Å². The maximum atomic E-state index is 13.2. The van der Waals surface area contributed by atoms with E-state index in [1.807, 2.05) is 6.92 Å². The number of hydrogen-bond acceptors (Lipinski definition) is 9. The zero-order valence-electron chi connectivity index (χ0n) is 22.5. The highest BCUT2D eigenvalue weighted by atomic mass is 16.6. The van der Waals surface area contributed by atoms with Crippen molar-refractivity contribution in [2.24, 2.45) is 34.0 Å². The molecule has 4 rings (SSSR count). The number of hydrogen-bond donors (Lipinski definition) is 0. The minimum Gasteiger partial charge on any atom is -0.462 e. The van der Waals surface area contributed by atoms with Crippen LogP contribution in [0.2, 0.25) is 0 Å². The maximum Gasteiger partial charge on any atom is 0.303 e. The van der Waals surface area contributed by atoms with Gasteiger partial charge in [0.05, 0.1) is 5.41 Å². The molecule has 0 saturated heterocycles. The van der Waals surface area contributed by atoms with Crippen LogP contribution in [0.4, 0.5) is 0 Å². The topological polar surface area (TPSA) is 122 Å². The van der Waals surface area contributed by atoms with E-state index in [2.05, 4.69) is 6.58 Å². The molecule has 3 saturated carbocycles. The van der Waals surface area contributed by atoms with Crippen molar-refractivity contribution >= 4 is 29.7 Å². The number of fused-ring (bicyclic) bond motifs is 3. The summed E-state index contributed by atoms with van der Waals surface area (Å²) in [6, 6.07) is 0. The summed E-state index contributed by atoms with van der Waals surface area (Å²) in [7, 11) is 0. The lowest BCUT2D eigenvalue weighted by Crippen LogP contribution is -2.73. The van der Waals surface area contributed by atoms with E-state index in [0.29, 0.717) is 18.4 Å². The molecule has 0 aliphatic heterocycles. The van der Waals surface area contributed by atoms with Crippen molar-refractivity contribution in [1.82, 2.24) is 0 Å². The summed E-state index contributed by atoms with van der Waals surface area (Å²) in [4.78, 5) is 62.9. The zero-order valence-corrected chi connectivity index (χ0v) is 22.5. The molecular formula is C28H36O9. The van der Waals surface area contributed by atoms with Crippen LogP contribution in [0, 0.1) is 34.0 Å². The number of allylic oxidation sites excluding steroid dienone is 2. The first kappa shape index (κ1) is 27.1. The third kappa shape index (κ3) is 3.92. The molecule has 0 N–H and O–H groups in total. The summed E-state index contributed by atoms with van der Waals surface area (Å²) in [6.45, 7) is 14.9. The Labute approximate surface area is 216 Å². The predicted molar refractivity (Wildman–Crippen MR) is 130 cm³/mol. The summed E-state index contributed by atoms with van der Waals surface area (Å²) < 4.78 is 23.8. The van der Waals surface area contributed by atoms with Gasteiger partial charge in [0.25, 0.3) is 0 Å². The number of esters is 4. The molecule has 2 bridgehead atoms. The Bertz CT molecular complexity index is 1100. The van der Waals surface area contributed by atoms with Crippen LogP contribution in [0.5, 0.6) is 0 Å². The first-order valence-corrected chi connectivity index (χ1v) is 12.7. The normalized spacial score (nSPS) is 41.2. The van der Waals surface area contributed by atoms with Crippen LogP contribution in [0.1, 0.15) is 61.3 Å². The van der Waals surface area contributed by atoms with E-state index < -0.39 is 76.4 Å². The minimum atomic E-state index is -1.12. The van der Waals surface area contributed by atoms with E-state index in [1.54, 1.807) is 19.9 Å². The minimum absolute atomic E-state index is 0.158. The molecule has 9 atom stereocenters. The van der Waals surface area contributed by atoms with Gasteiger partial charge >= 0.3 is 23.9 Å². The number of carbonyl (C=O) groups excluding carboxylic acids is 5. The molecule has 0 amide bonds. The van der Waals surface area contributed by atoms with Gasteiger partial charge in [0, 0.05) is 50.4 Å². The van der Waals surface area contributed by atoms with E-state index >= 15 is 0 Å². The molecule has 0 heterocycles. The van der Waals surface area contributed by atoms with Crippen molar-refractivity contribution in [2.45, 2.75) is 85.7 Å². The van der Waals surface area contributed by atoms with Crippen molar-refractivity contribution < 1.29 is 42.9 Å². The molecular weight excluding hydrogens is 480 g/mol. The fraction of sp³-hybridized carbons (Fsp3) is 0.679. The van der Waals surface area contributed by atoms with Gasteiger partial charge in [0.2, 0.25) is 0 Å². The van der Waals surface area contributed by atoms with Crippen molar-refractivity contribution in [1.29, 1.82) is 0 Å². The first-order chi connectivity index (χ1) is 17.1. The van der Waals surface area contributed by atoms with Crippen LogP contribution < -0.4 is 0 Å². The van der Waals surface area contributed by atoms with Gasteiger partial charge in [-0.3, -0.25) is 24.0 Å². The van der Waals surface area contributed by atoms with E-state index in [-0.39, 0.29) is 11.7 Å². The number of ketones is 1. The smallest absolute Gasteiger partial charge is 0.303 e. The number of carbonyl (C=O) groups is 5. The zero-order chi connectivity index (χ0) is 27.7. The maximum absolute atomic E-state index is 13.2. The molecule has 0 unspecified atom stereocenters. The summed E-state index contributed by atoms with van der Waals surface area (Å²) >= 11 is 0. The van der Waals surface area contributed by atoms with Crippen molar-refractivity contribution in [2.75, 3.05) is 0 Å². The Hall–Kier alpha value is -2.97. The Morgan fingerprint density at radius 1 is 0.865 bits per heavy atom. The second kappa shape index (κ2) is 8.81. The molecule has 4 aliphatic rings. The molecule has 202 valence electrons. The highest BCUT2D eigenvalue weighted by Gasteiger charge is 2.78. The molecule has 0 aromatic heterocycles. The van der Waals surface area contributed by atoms with Gasteiger partial charge in [-0.25, -0.2) is 0 Å². The van der Waals surface area contributed by atoms with Crippen LogP contribution in [0.15, 0.2) is 24.3 Å². The lowest BCUT2D eigenvalue weighted by atomic mass is 9.40. The standard InChI is InChI=1S/C28H36O9/c1-13-18-11-19(34-14(2)29)22-27(8)10-9-20(33)26(6,7)23(27)21(35-15(3)30)25(37-17(5)32)28(22,12-18)24(13)36-16(4)31/h9-10,18-19,21-25H,1,11-12H2,2-8H3/t18-,19-,21+,22-,23+,24+,25-,27-,28-/m0/s1. The fourth-order valence-electron chi connectivity index (χ4n) is 8.34. The van der Waals surface area contributed by atoms with Gasteiger partial charge in [-0.05, 0) is 30.4 Å². The van der Waals surface area contributed by atoms with Crippen LogP contribution in [0.25, 0.3) is 0 Å². The predicted octanol–water partition coefficient (Wildman–Crippen LogP) is 3.10. The molecule has 1 spiro atoms. The third-order valence-electron chi connectivity index (χ3n) is 9.12. The first-order valence-electron chi connectivity index (χ1n) is 12.7. The van der Waals surface area contributed by atoms with Crippen molar-refractivity contribution in [3.05, 3.63) is 24.3 Å². The number of rotatable bonds is 4. The average Bonchev–Trinajstić information content (AvgIpc) is 2.94. The van der Waals surface area contributed by atoms with E-state index in [4.69, 9.17) is 18.9 Å². The van der Waals surface area contributed by atoms with E-state index in [0.717, 1.165) is 0 Å². The van der Waals surface area contributed by atoms with Gasteiger partial charge in [-0.15, -0.1) is 0 Å². The van der Waals surface area contributed by atoms with Crippen LogP contribution in [-0.4, -0.2) is 54.1 Å². The Morgan fingerprint density at radius 3 is 1.97 bits per heavy atom. The molecule has 9 heteroatoms. The highest BCUT2D eigenvalue weighted by Crippen LogP contribution is 2.72. The second-order valence-corrected chi connectivity index (χ2v) is 11.8. The molecule has 37 heavy (non-hydrogen) atoms. The summed E-state index contributed by atoms with van der Waals surface area (Å²) in [6.07, 6.45) is 0.557. The highest BCUT2D eigenvalue weighted by molar-refractivity contribution is 5.96. The van der Waals surface area contributed by atoms with Crippen LogP contribution in [-0.2, 0) is 42.9 Å². The average molecular weight is 517 g/mol. The monoisotopic (exact) mass is 516 g/mol. The molecule has 0 aromatic rings. The van der Waals surface area contributed by atoms with Gasteiger partial charge in [0.1, 0.15) is 24.4 Å². The Kier molecular flexibility index (Phi) is 6.44. The second-order valence-electron chi connectivity index (χ2n) is 11.8. The van der Waals surface area contributed by atoms with Gasteiger partial charge < -0.3 is 18.9 Å². The fourth-order valence-corrected chi connectivity index (χ4v) is 8.34. The molecule has 9 nitrogen and oxygen atoms in total. The van der Waals surface area contributed by atoms with Gasteiger partial charge in [0.15, 0.2) is 5.78 Å². The quantitative estimate of drug-likeness (QED) is 0.315. The summed E-state index contributed by atoms with van der Waals surface area (Å²) in [5.74, 6) is -3.75. The van der Waals surface area contributed by atoms with Gasteiger partial charge in [-0.2, -0.15) is 0 Å². The van der Waals surface area contributed by atoms with Crippen molar-refractivity contribution in [3.8, 4) is 0 Å². The lowest BCUT2D eigenvalue weighted by Gasteiger charge is -2.66. The molecule has 3 fully saturated rings. The Balaban J connectivity index is 2.08. The third-order valence-corrected chi connectivity index (χ3v) is 9.12. The van der Waals surface area contributed by atoms with Crippen LogP contribution in [0.3, 0.4) is 0 Å². The Morgan fingerprint density at radius 2 is 1.43 bits per heavy atom. The molecule has 4 aliphatic carbocycles. The lowest BCUT2D eigenvalue weighted by molar-refractivity contribution is -0.276.